The number of alkyl carbamates (subject to hydrolysis) is 1. The van der Waals surface area contributed by atoms with Gasteiger partial charge in [0.05, 0.1) is 25.3 Å². The number of hydrogen-bond acceptors (Lipinski definition) is 16. The van der Waals surface area contributed by atoms with Gasteiger partial charge in [-0.15, -0.1) is 0 Å². The Balaban J connectivity index is 1.30. The van der Waals surface area contributed by atoms with E-state index < -0.39 is 107 Å². The molecule has 0 radical (unpaired) electrons. The summed E-state index contributed by atoms with van der Waals surface area (Å²) in [6, 6.07) is 1.29. The number of ether oxygens (including phenoxy) is 4. The first-order valence-electron chi connectivity index (χ1n) is 27.5. The minimum atomic E-state index is -1.70. The lowest BCUT2D eigenvalue weighted by Gasteiger charge is -2.41. The second kappa shape index (κ2) is 29.3. The van der Waals surface area contributed by atoms with Gasteiger partial charge in [0.2, 0.25) is 41.4 Å². The van der Waals surface area contributed by atoms with Crippen molar-refractivity contribution in [3.8, 4) is 5.75 Å². The van der Waals surface area contributed by atoms with Crippen LogP contribution < -0.4 is 36.6 Å². The third kappa shape index (κ3) is 16.7. The number of amides is 8. The van der Waals surface area contributed by atoms with Crippen molar-refractivity contribution >= 4 is 82.5 Å². The number of rotatable bonds is 23. The highest BCUT2D eigenvalue weighted by Crippen LogP contribution is 2.49. The van der Waals surface area contributed by atoms with Crippen LogP contribution in [0.15, 0.2) is 35.9 Å². The van der Waals surface area contributed by atoms with Gasteiger partial charge in [0.1, 0.15) is 46.4 Å². The molecule has 4 bridgehead atoms. The summed E-state index contributed by atoms with van der Waals surface area (Å²) < 4.78 is 23.9. The van der Waals surface area contributed by atoms with Crippen LogP contribution >= 0.6 is 23.4 Å². The highest BCUT2D eigenvalue weighted by atomic mass is 35.5. The Bertz CT molecular complexity index is 2520. The predicted octanol–water partition coefficient (Wildman–Crippen LogP) is 3.92. The number of likely N-dealkylation sites (N-methyl/N-ethyl adjacent to an activating group) is 1. The van der Waals surface area contributed by atoms with Gasteiger partial charge < -0.3 is 55.5 Å². The molecule has 10 unspecified atom stereocenters. The van der Waals surface area contributed by atoms with E-state index in [2.05, 4.69) is 21.3 Å². The second-order valence-electron chi connectivity index (χ2n) is 21.6. The van der Waals surface area contributed by atoms with E-state index in [1.165, 1.54) is 37.7 Å². The van der Waals surface area contributed by atoms with Crippen molar-refractivity contribution in [2.24, 2.45) is 29.4 Å². The van der Waals surface area contributed by atoms with Gasteiger partial charge in [-0.1, -0.05) is 56.2 Å². The first-order chi connectivity index (χ1) is 37.8. The van der Waals surface area contributed by atoms with Gasteiger partial charge in [0.15, 0.2) is 0 Å². The zero-order valence-electron chi connectivity index (χ0n) is 47.9. The number of nitrogens with zero attached hydrogens (tertiary/aromatic N) is 3. The van der Waals surface area contributed by atoms with E-state index in [9.17, 15) is 48.3 Å². The average Bonchev–Trinajstić information content (AvgIpc) is 4.04. The van der Waals surface area contributed by atoms with Crippen LogP contribution in [-0.4, -0.2) is 169 Å². The maximum atomic E-state index is 14.5. The Morgan fingerprint density at radius 3 is 2.42 bits per heavy atom. The number of imide groups is 1. The summed E-state index contributed by atoms with van der Waals surface area (Å²) in [5.74, 6) is -5.64. The summed E-state index contributed by atoms with van der Waals surface area (Å²) in [6.45, 7) is 10.8. The second-order valence-corrected chi connectivity index (χ2v) is 23.0. The highest BCUT2D eigenvalue weighted by molar-refractivity contribution is 7.98. The molecule has 24 heteroatoms. The fourth-order valence-corrected chi connectivity index (χ4v) is 11.1. The van der Waals surface area contributed by atoms with Gasteiger partial charge >= 0.3 is 12.1 Å². The number of fused-ring (bicyclic) bond motifs is 5. The van der Waals surface area contributed by atoms with E-state index in [1.807, 2.05) is 32.3 Å². The van der Waals surface area contributed by atoms with E-state index in [0.717, 1.165) is 20.9 Å². The zero-order chi connectivity index (χ0) is 59.2. The SMILES string of the molecule is CCC1CC(=O)N(CCC(=O)NCCNC(=O)C(CCCCN)NC(=O)C(CCSC)CC(=O)N(C)[C@@H](C)C(=O)OC2CC(=O)N(C)c3cc(cc(OC)c3Cl)C/C(C)=C/C=C/C(C)C3(O)CC(OC(=O)N3)C(C)C3OC23C)C1=O. The molecule has 4 aliphatic heterocycles. The van der Waals surface area contributed by atoms with Crippen LogP contribution in [0.1, 0.15) is 111 Å². The maximum Gasteiger partial charge on any atom is 0.409 e. The molecule has 3 fully saturated rings. The number of benzene rings is 1. The summed E-state index contributed by atoms with van der Waals surface area (Å²) >= 11 is 8.31. The lowest BCUT2D eigenvalue weighted by atomic mass is 9.82. The highest BCUT2D eigenvalue weighted by Gasteiger charge is 2.64. The molecule has 8 amide bonds. The van der Waals surface area contributed by atoms with Crippen molar-refractivity contribution in [1.82, 2.24) is 31.1 Å². The summed E-state index contributed by atoms with van der Waals surface area (Å²) in [7, 11) is 4.41. The molecule has 80 heavy (non-hydrogen) atoms. The van der Waals surface area contributed by atoms with E-state index in [-0.39, 0.29) is 80.9 Å². The molecule has 7 N–H and O–H groups in total. The molecule has 5 rings (SSSR count). The van der Waals surface area contributed by atoms with Crippen LogP contribution in [0.25, 0.3) is 0 Å². The number of nitrogens with two attached hydrogens (primary N) is 1. The Hall–Kier alpha value is -5.75. The summed E-state index contributed by atoms with van der Waals surface area (Å²) in [6.07, 6.45) is 5.44. The van der Waals surface area contributed by atoms with Crippen LogP contribution in [0.4, 0.5) is 10.5 Å². The smallest absolute Gasteiger partial charge is 0.409 e. The molecular formula is C56H83ClN8O14S. The van der Waals surface area contributed by atoms with Crippen LogP contribution in [0.3, 0.4) is 0 Å². The van der Waals surface area contributed by atoms with Crippen molar-refractivity contribution in [3.63, 3.8) is 0 Å². The van der Waals surface area contributed by atoms with Crippen molar-refractivity contribution in [2.45, 2.75) is 154 Å². The zero-order valence-corrected chi connectivity index (χ0v) is 49.4. The molecular weight excluding hydrogens is 1080 g/mol. The normalized spacial score (nSPS) is 27.2. The summed E-state index contributed by atoms with van der Waals surface area (Å²) in [5, 5.41) is 22.9. The fourth-order valence-electron chi connectivity index (χ4n) is 10.2. The van der Waals surface area contributed by atoms with Gasteiger partial charge in [0, 0.05) is 83.1 Å². The number of thioether (sulfide) groups is 1. The largest absolute Gasteiger partial charge is 0.495 e. The van der Waals surface area contributed by atoms with E-state index in [4.69, 9.17) is 36.3 Å². The Morgan fingerprint density at radius 1 is 1.05 bits per heavy atom. The molecule has 0 aromatic heterocycles. The molecule has 1 aromatic rings. The third-order valence-corrected chi connectivity index (χ3v) is 16.9. The van der Waals surface area contributed by atoms with Gasteiger partial charge in [-0.25, -0.2) is 9.59 Å². The van der Waals surface area contributed by atoms with Crippen molar-refractivity contribution in [2.75, 3.05) is 64.3 Å². The number of epoxide rings is 1. The molecule has 1 aromatic carbocycles. The first-order valence-corrected chi connectivity index (χ1v) is 29.3. The number of carbonyl (C=O) groups excluding carboxylic acids is 9. The Morgan fingerprint density at radius 2 is 1.76 bits per heavy atom. The molecule has 11 atom stereocenters. The first kappa shape index (κ1) is 65.1. The van der Waals surface area contributed by atoms with Gasteiger partial charge in [-0.05, 0) is 95.5 Å². The summed E-state index contributed by atoms with van der Waals surface area (Å²) in [5.41, 5.74) is 4.76. The standard InChI is InChI=1S/C56H83ClN8O14S/c1-11-37-28-47(69)65(52(37)72)23-18-44(66)59-21-22-60-51(71)39(17-12-13-20-58)61-50(70)38(19-24-80-10)29-45(67)63(7)35(5)53(73)78-43-30-46(68)64(8)40-26-36(27-41(76-9)48(40)57)25-32(2)15-14-16-33(3)56(75)31-42(77-54(74)62-56)34(4)49-55(43,6)79-49/h14-16,26-27,33-35,37-39,42-43,49,75H,11-13,17-25,28-31,58H2,1-10H3,(H,59,66)(H,60,71)(H,61,70)(H,62,74)/b16-14+,32-15+/t33?,34?,35-,37?,38?,39?,42?,43?,49?,55?,56?/m0/s1. The molecule has 0 spiro atoms. The quantitative estimate of drug-likeness (QED) is 0.0392. The third-order valence-electron chi connectivity index (χ3n) is 15.8. The number of methoxy groups -OCH3 is 1. The monoisotopic (exact) mass is 1160 g/mol. The van der Waals surface area contributed by atoms with Crippen molar-refractivity contribution in [3.05, 3.63) is 46.5 Å². The molecule has 0 aliphatic carbocycles. The maximum absolute atomic E-state index is 14.5. The van der Waals surface area contributed by atoms with E-state index in [1.54, 1.807) is 46.0 Å². The fraction of sp³-hybridized carbons (Fsp3) is 0.661. The number of anilines is 1. The molecule has 3 saturated heterocycles. The lowest BCUT2D eigenvalue weighted by Crippen LogP contribution is -2.60. The van der Waals surface area contributed by atoms with Crippen LogP contribution in [0, 0.1) is 23.7 Å². The van der Waals surface area contributed by atoms with E-state index in [0.29, 0.717) is 49.4 Å². The number of halogens is 1. The van der Waals surface area contributed by atoms with E-state index >= 15 is 0 Å². The molecule has 22 nitrogen and oxygen atoms in total. The van der Waals surface area contributed by atoms with Crippen molar-refractivity contribution < 1.29 is 67.2 Å². The number of hydrogen-bond donors (Lipinski definition) is 6. The molecule has 4 aliphatic rings. The number of aliphatic hydroxyl groups is 1. The molecule has 4 heterocycles. The number of carbonyl (C=O) groups is 9. The number of unbranched alkanes of at least 4 members (excludes halogenated alkanes) is 1. The van der Waals surface area contributed by atoms with Gasteiger partial charge in [-0.2, -0.15) is 11.8 Å². The predicted molar refractivity (Wildman–Crippen MR) is 301 cm³/mol. The average molecular weight is 1160 g/mol. The molecule has 444 valence electrons. The van der Waals surface area contributed by atoms with Gasteiger partial charge in [-0.3, -0.25) is 43.8 Å². The van der Waals surface area contributed by atoms with Crippen LogP contribution in [-0.2, 0) is 59.0 Å². The number of esters is 1. The summed E-state index contributed by atoms with van der Waals surface area (Å²) in [4.78, 5) is 125. The van der Waals surface area contributed by atoms with Crippen LogP contribution in [0.2, 0.25) is 5.02 Å². The minimum Gasteiger partial charge on any atom is -0.495 e. The lowest BCUT2D eigenvalue weighted by molar-refractivity contribution is -0.162. The minimum absolute atomic E-state index is 0.0135. The number of likely N-dealkylation sites (tertiary alicyclic amines) is 1. The van der Waals surface area contributed by atoms with Crippen LogP contribution in [0.5, 0.6) is 5.75 Å². The van der Waals surface area contributed by atoms with Gasteiger partial charge in [0.25, 0.3) is 0 Å². The van der Waals surface area contributed by atoms with Crippen molar-refractivity contribution in [1.29, 1.82) is 0 Å². The number of allylic oxidation sites excluding steroid dienone is 3. The Kier molecular flexibility index (Phi) is 23.8. The number of nitrogens with one attached hydrogen (secondary N) is 4. The molecule has 0 saturated carbocycles. The topological polar surface area (TPSA) is 298 Å². The Labute approximate surface area is 478 Å².